The topological polar surface area (TPSA) is 3.24 Å². The van der Waals surface area contributed by atoms with Crippen LogP contribution in [0.4, 0.5) is 8.78 Å². The Morgan fingerprint density at radius 1 is 1.15 bits per heavy atom. The van der Waals surface area contributed by atoms with Crippen LogP contribution in [-0.4, -0.2) is 38.2 Å². The molecule has 0 N–H and O–H groups in total. The molecule has 1 aliphatic rings. The second kappa shape index (κ2) is 3.65. The van der Waals surface area contributed by atoms with Crippen molar-refractivity contribution >= 4 is 8.07 Å². The Labute approximate surface area is 80.1 Å². The van der Waals surface area contributed by atoms with Gasteiger partial charge in [-0.25, -0.2) is 8.78 Å². The van der Waals surface area contributed by atoms with Crippen molar-refractivity contribution in [2.75, 3.05) is 19.3 Å². The SMILES string of the molecule is C[Si](C)(C)CN1CCC(F)(F)CC1. The van der Waals surface area contributed by atoms with E-state index in [1.54, 1.807) is 0 Å². The first-order valence-electron chi connectivity index (χ1n) is 4.89. The summed E-state index contributed by atoms with van der Waals surface area (Å²) in [5.74, 6) is -2.39. The van der Waals surface area contributed by atoms with Gasteiger partial charge in [-0.2, -0.15) is 0 Å². The van der Waals surface area contributed by atoms with E-state index >= 15 is 0 Å². The predicted molar refractivity (Wildman–Crippen MR) is 54.0 cm³/mol. The Kier molecular flexibility index (Phi) is 3.12. The molecule has 0 aromatic rings. The van der Waals surface area contributed by atoms with Crippen molar-refractivity contribution in [3.05, 3.63) is 0 Å². The number of nitrogens with zero attached hydrogens (tertiary/aromatic N) is 1. The monoisotopic (exact) mass is 207 g/mol. The normalized spacial score (nSPS) is 24.7. The van der Waals surface area contributed by atoms with Crippen molar-refractivity contribution in [3.63, 3.8) is 0 Å². The molecule has 0 amide bonds. The van der Waals surface area contributed by atoms with Gasteiger partial charge in [-0.15, -0.1) is 0 Å². The minimum atomic E-state index is -2.39. The van der Waals surface area contributed by atoms with Gasteiger partial charge in [0.25, 0.3) is 5.92 Å². The second-order valence-electron chi connectivity index (χ2n) is 5.19. The Hall–Kier alpha value is 0.0369. The summed E-state index contributed by atoms with van der Waals surface area (Å²) < 4.78 is 25.6. The minimum absolute atomic E-state index is 0.0531. The molecular formula is C9H19F2NSi. The van der Waals surface area contributed by atoms with Crippen molar-refractivity contribution in [2.45, 2.75) is 38.4 Å². The molecule has 0 saturated carbocycles. The molecule has 1 fully saturated rings. The van der Waals surface area contributed by atoms with Crippen LogP contribution in [0.1, 0.15) is 12.8 Å². The van der Waals surface area contributed by atoms with Crippen molar-refractivity contribution in [1.29, 1.82) is 0 Å². The first kappa shape index (κ1) is 11.1. The van der Waals surface area contributed by atoms with Gasteiger partial charge in [0.15, 0.2) is 0 Å². The quantitative estimate of drug-likeness (QED) is 0.629. The molecule has 0 unspecified atom stereocenters. The zero-order chi connectivity index (χ0) is 10.1. The summed E-state index contributed by atoms with van der Waals surface area (Å²) >= 11 is 0. The molecule has 0 atom stereocenters. The highest BCUT2D eigenvalue weighted by molar-refractivity contribution is 6.76. The van der Waals surface area contributed by atoms with E-state index in [4.69, 9.17) is 0 Å². The maximum absolute atomic E-state index is 12.8. The lowest BCUT2D eigenvalue weighted by Crippen LogP contribution is -2.46. The Balaban J connectivity index is 2.34. The summed E-state index contributed by atoms with van der Waals surface area (Å²) in [6.07, 6.45) is 1.16. The molecule has 0 aliphatic carbocycles. The van der Waals surface area contributed by atoms with Crippen LogP contribution in [-0.2, 0) is 0 Å². The fraction of sp³-hybridized carbons (Fsp3) is 1.00. The Morgan fingerprint density at radius 3 is 2.00 bits per heavy atom. The Bertz CT molecular complexity index is 167. The molecule has 1 nitrogen and oxygen atoms in total. The van der Waals surface area contributed by atoms with E-state index in [0.29, 0.717) is 13.1 Å². The zero-order valence-electron chi connectivity index (χ0n) is 8.74. The lowest BCUT2D eigenvalue weighted by atomic mass is 10.1. The van der Waals surface area contributed by atoms with Crippen molar-refractivity contribution in [2.24, 2.45) is 0 Å². The molecule has 1 heterocycles. The van der Waals surface area contributed by atoms with Gasteiger partial charge in [0, 0.05) is 25.9 Å². The highest BCUT2D eigenvalue weighted by atomic mass is 28.3. The van der Waals surface area contributed by atoms with Gasteiger partial charge >= 0.3 is 0 Å². The molecule has 1 aliphatic heterocycles. The van der Waals surface area contributed by atoms with Crippen LogP contribution in [0, 0.1) is 0 Å². The largest absolute Gasteiger partial charge is 0.306 e. The second-order valence-corrected chi connectivity index (χ2v) is 10.6. The zero-order valence-corrected chi connectivity index (χ0v) is 9.74. The molecule has 13 heavy (non-hydrogen) atoms. The van der Waals surface area contributed by atoms with Crippen molar-refractivity contribution in [3.8, 4) is 0 Å². The summed E-state index contributed by atoms with van der Waals surface area (Å²) in [5.41, 5.74) is 0. The van der Waals surface area contributed by atoms with E-state index in [0.717, 1.165) is 6.17 Å². The first-order chi connectivity index (χ1) is 5.79. The third-order valence-corrected chi connectivity index (χ3v) is 3.68. The van der Waals surface area contributed by atoms with Crippen LogP contribution >= 0.6 is 0 Å². The summed E-state index contributed by atoms with van der Waals surface area (Å²) in [6.45, 7) is 7.99. The number of alkyl halides is 2. The van der Waals surface area contributed by atoms with Gasteiger partial charge in [0.05, 0.1) is 8.07 Å². The molecule has 0 bridgehead atoms. The van der Waals surface area contributed by atoms with Crippen molar-refractivity contribution in [1.82, 2.24) is 4.90 Å². The van der Waals surface area contributed by atoms with Crippen LogP contribution in [0.3, 0.4) is 0 Å². The number of halogens is 2. The molecule has 0 radical (unpaired) electrons. The Morgan fingerprint density at radius 2 is 1.62 bits per heavy atom. The van der Waals surface area contributed by atoms with Crippen LogP contribution in [0.5, 0.6) is 0 Å². The first-order valence-corrected chi connectivity index (χ1v) is 8.59. The fourth-order valence-electron chi connectivity index (χ4n) is 1.71. The van der Waals surface area contributed by atoms with Crippen LogP contribution in [0.2, 0.25) is 19.6 Å². The van der Waals surface area contributed by atoms with E-state index in [1.165, 1.54) is 0 Å². The summed E-state index contributed by atoms with van der Waals surface area (Å²) in [6, 6.07) is 0. The average molecular weight is 207 g/mol. The molecule has 0 aromatic carbocycles. The van der Waals surface area contributed by atoms with Crippen LogP contribution in [0.15, 0.2) is 0 Å². The lowest BCUT2D eigenvalue weighted by molar-refractivity contribution is -0.0522. The number of piperidine rings is 1. The van der Waals surface area contributed by atoms with Gasteiger partial charge in [-0.05, 0) is 6.17 Å². The fourth-order valence-corrected chi connectivity index (χ4v) is 3.37. The van der Waals surface area contributed by atoms with Crippen molar-refractivity contribution < 1.29 is 8.78 Å². The number of hydrogen-bond donors (Lipinski definition) is 0. The predicted octanol–water partition coefficient (Wildman–Crippen LogP) is 2.59. The highest BCUT2D eigenvalue weighted by Crippen LogP contribution is 2.27. The van der Waals surface area contributed by atoms with E-state index in [9.17, 15) is 8.78 Å². The molecule has 0 aromatic heterocycles. The summed E-state index contributed by atoms with van der Waals surface area (Å²) in [4.78, 5) is 2.20. The number of hydrogen-bond acceptors (Lipinski definition) is 1. The van der Waals surface area contributed by atoms with Gasteiger partial charge in [-0.1, -0.05) is 19.6 Å². The summed E-state index contributed by atoms with van der Waals surface area (Å²) in [5, 5.41) is 0. The average Bonchev–Trinajstić information content (AvgIpc) is 1.91. The van der Waals surface area contributed by atoms with Gasteiger partial charge < -0.3 is 4.90 Å². The van der Waals surface area contributed by atoms with E-state index in [1.807, 2.05) is 0 Å². The minimum Gasteiger partial charge on any atom is -0.306 e. The molecule has 78 valence electrons. The van der Waals surface area contributed by atoms with E-state index in [2.05, 4.69) is 24.5 Å². The molecule has 1 saturated heterocycles. The van der Waals surface area contributed by atoms with Crippen LogP contribution in [0.25, 0.3) is 0 Å². The van der Waals surface area contributed by atoms with Crippen LogP contribution < -0.4 is 0 Å². The highest BCUT2D eigenvalue weighted by Gasteiger charge is 2.34. The third-order valence-electron chi connectivity index (χ3n) is 2.29. The molecule has 4 heteroatoms. The molecule has 1 rings (SSSR count). The van der Waals surface area contributed by atoms with Gasteiger partial charge in [0.1, 0.15) is 0 Å². The summed E-state index contributed by atoms with van der Waals surface area (Å²) in [7, 11) is -1.11. The smallest absolute Gasteiger partial charge is 0.250 e. The standard InChI is InChI=1S/C9H19F2NSi/c1-13(2,3)8-12-6-4-9(10,11)5-7-12/h4-8H2,1-3H3. The third kappa shape index (κ3) is 4.18. The van der Waals surface area contributed by atoms with Gasteiger partial charge in [0.2, 0.25) is 0 Å². The van der Waals surface area contributed by atoms with E-state index < -0.39 is 14.0 Å². The lowest BCUT2D eigenvalue weighted by Gasteiger charge is -2.35. The molecular weight excluding hydrogens is 188 g/mol. The number of likely N-dealkylation sites (tertiary alicyclic amines) is 1. The maximum Gasteiger partial charge on any atom is 0.250 e. The van der Waals surface area contributed by atoms with E-state index in [-0.39, 0.29) is 12.8 Å². The van der Waals surface area contributed by atoms with Gasteiger partial charge in [-0.3, -0.25) is 0 Å². The maximum atomic E-state index is 12.8. The molecule has 0 spiro atoms. The number of rotatable bonds is 2.